The predicted octanol–water partition coefficient (Wildman–Crippen LogP) is 7.38. The molecule has 9 heteroatoms. The van der Waals surface area contributed by atoms with Gasteiger partial charge in [0, 0.05) is 17.0 Å². The number of aryl methyl sites for hydroxylation is 1. The second-order valence-electron chi connectivity index (χ2n) is 9.13. The first-order chi connectivity index (χ1) is 17.1. The van der Waals surface area contributed by atoms with Crippen LogP contribution in [0.5, 0.6) is 0 Å². The number of rotatable bonds is 12. The van der Waals surface area contributed by atoms with Gasteiger partial charge in [0.1, 0.15) is 0 Å². The minimum Gasteiger partial charge on any atom is -0.481 e. The largest absolute Gasteiger partial charge is 0.481 e. The number of unbranched alkanes of at least 4 members (excludes halogenated alkanes) is 3. The van der Waals surface area contributed by atoms with E-state index in [2.05, 4.69) is 13.5 Å². The van der Waals surface area contributed by atoms with Crippen LogP contribution in [-0.4, -0.2) is 40.8 Å². The molecule has 1 N–H and O–H groups in total. The standard InChI is InChI=1S/C27H33Cl2NO4S2/c1-4-6-7-8-9-23-26(35-16-5-2)24(27(31)32)25(19-12-15-21(28)22(29)17-19)30(23)36(33,34)20-13-10-18(3)11-14-20/h5,10-15,17,23-26H,2,4,6-9,16H2,1,3H3,(H,31,32)/t23-,24+,25+,26-/m1/s1. The molecule has 1 fully saturated rings. The van der Waals surface area contributed by atoms with Crippen LogP contribution in [0.4, 0.5) is 0 Å². The Kier molecular flexibility index (Phi) is 10.4. The molecule has 196 valence electrons. The van der Waals surface area contributed by atoms with Crippen molar-refractivity contribution in [2.75, 3.05) is 5.75 Å². The molecular formula is C27H33Cl2NO4S2. The number of hydrogen-bond acceptors (Lipinski definition) is 4. The molecule has 1 aliphatic heterocycles. The van der Waals surface area contributed by atoms with Gasteiger partial charge in [-0.15, -0.1) is 6.58 Å². The van der Waals surface area contributed by atoms with Gasteiger partial charge in [-0.3, -0.25) is 4.79 Å². The Hall–Kier alpha value is -1.51. The van der Waals surface area contributed by atoms with Crippen LogP contribution < -0.4 is 0 Å². The van der Waals surface area contributed by atoms with E-state index in [1.807, 2.05) is 6.92 Å². The van der Waals surface area contributed by atoms with Crippen molar-refractivity contribution >= 4 is 51.0 Å². The molecule has 2 aromatic carbocycles. The number of benzene rings is 2. The first-order valence-electron chi connectivity index (χ1n) is 12.1. The average Bonchev–Trinajstić information content (AvgIpc) is 3.17. The number of nitrogens with zero attached hydrogens (tertiary/aromatic N) is 1. The van der Waals surface area contributed by atoms with Gasteiger partial charge in [-0.2, -0.15) is 16.1 Å². The Morgan fingerprint density at radius 3 is 2.39 bits per heavy atom. The second-order valence-corrected chi connectivity index (χ2v) is 13.0. The molecule has 2 aromatic rings. The molecule has 0 saturated carbocycles. The van der Waals surface area contributed by atoms with E-state index in [0.29, 0.717) is 22.8 Å². The highest BCUT2D eigenvalue weighted by molar-refractivity contribution is 8.00. The van der Waals surface area contributed by atoms with Crippen LogP contribution in [0.2, 0.25) is 10.0 Å². The first-order valence-corrected chi connectivity index (χ1v) is 15.4. The van der Waals surface area contributed by atoms with Gasteiger partial charge in [-0.1, -0.05) is 85.6 Å². The fourth-order valence-electron chi connectivity index (χ4n) is 4.88. The molecule has 5 nitrogen and oxygen atoms in total. The summed E-state index contributed by atoms with van der Waals surface area (Å²) in [5.41, 5.74) is 1.46. The number of aliphatic carboxylic acids is 1. The van der Waals surface area contributed by atoms with Crippen LogP contribution in [0.15, 0.2) is 60.0 Å². The fraction of sp³-hybridized carbons (Fsp3) is 0.444. The van der Waals surface area contributed by atoms with Gasteiger partial charge >= 0.3 is 5.97 Å². The van der Waals surface area contributed by atoms with Crippen molar-refractivity contribution in [1.82, 2.24) is 4.31 Å². The van der Waals surface area contributed by atoms with Crippen LogP contribution in [0, 0.1) is 12.8 Å². The number of sulfonamides is 1. The van der Waals surface area contributed by atoms with Gasteiger partial charge in [0.2, 0.25) is 10.0 Å². The highest BCUT2D eigenvalue weighted by Gasteiger charge is 2.57. The molecule has 1 saturated heterocycles. The van der Waals surface area contributed by atoms with E-state index in [9.17, 15) is 18.3 Å². The summed E-state index contributed by atoms with van der Waals surface area (Å²) in [6.07, 6.45) is 6.16. The van der Waals surface area contributed by atoms with Crippen molar-refractivity contribution < 1.29 is 18.3 Å². The van der Waals surface area contributed by atoms with Crippen LogP contribution >= 0.6 is 35.0 Å². The quantitative estimate of drug-likeness (QED) is 0.213. The monoisotopic (exact) mass is 569 g/mol. The van der Waals surface area contributed by atoms with Crippen LogP contribution in [0.25, 0.3) is 0 Å². The Morgan fingerprint density at radius 1 is 1.11 bits per heavy atom. The van der Waals surface area contributed by atoms with Crippen LogP contribution in [0.3, 0.4) is 0 Å². The van der Waals surface area contributed by atoms with E-state index >= 15 is 0 Å². The highest BCUT2D eigenvalue weighted by atomic mass is 35.5. The molecule has 36 heavy (non-hydrogen) atoms. The van der Waals surface area contributed by atoms with Crippen molar-refractivity contribution in [3.63, 3.8) is 0 Å². The molecule has 0 bridgehead atoms. The number of hydrogen-bond donors (Lipinski definition) is 1. The van der Waals surface area contributed by atoms with Gasteiger partial charge < -0.3 is 5.11 Å². The first kappa shape index (κ1) is 29.1. The fourth-order valence-corrected chi connectivity index (χ4v) is 8.45. The summed E-state index contributed by atoms with van der Waals surface area (Å²) in [5, 5.41) is 10.6. The Bertz CT molecular complexity index is 1170. The van der Waals surface area contributed by atoms with Gasteiger partial charge in [0.15, 0.2) is 0 Å². The number of carboxylic acids is 1. The summed E-state index contributed by atoms with van der Waals surface area (Å²) in [6.45, 7) is 7.80. The summed E-state index contributed by atoms with van der Waals surface area (Å²) in [7, 11) is -4.04. The van der Waals surface area contributed by atoms with Crippen molar-refractivity contribution in [2.24, 2.45) is 5.92 Å². The highest BCUT2D eigenvalue weighted by Crippen LogP contribution is 2.51. The summed E-state index contributed by atoms with van der Waals surface area (Å²) < 4.78 is 29.9. The maximum atomic E-state index is 14.2. The SMILES string of the molecule is C=CCS[C@H]1[C@@H](C(=O)O)[C@H](c2ccc(Cl)c(Cl)c2)N(S(=O)(=O)c2ccc(C)cc2)[C@@H]1CCCCCC. The summed E-state index contributed by atoms with van der Waals surface area (Å²) in [5.74, 6) is -1.48. The van der Waals surface area contributed by atoms with Crippen molar-refractivity contribution in [3.05, 3.63) is 76.3 Å². The lowest BCUT2D eigenvalue weighted by Gasteiger charge is -2.31. The number of halogens is 2. The van der Waals surface area contributed by atoms with E-state index in [1.165, 1.54) is 16.1 Å². The van der Waals surface area contributed by atoms with Crippen molar-refractivity contribution in [1.29, 1.82) is 0 Å². The molecule has 3 rings (SSSR count). The molecule has 4 atom stereocenters. The Labute approximate surface area is 228 Å². The number of carboxylic acid groups (broad SMARTS) is 1. The molecule has 0 spiro atoms. The summed E-state index contributed by atoms with van der Waals surface area (Å²) in [6, 6.07) is 10.1. The van der Waals surface area contributed by atoms with Gasteiger partial charge in [0.05, 0.1) is 26.9 Å². The lowest BCUT2D eigenvalue weighted by atomic mass is 9.92. The van der Waals surface area contributed by atoms with Crippen LogP contribution in [-0.2, 0) is 14.8 Å². The van der Waals surface area contributed by atoms with E-state index in [4.69, 9.17) is 23.2 Å². The van der Waals surface area contributed by atoms with Crippen LogP contribution in [0.1, 0.15) is 56.2 Å². The van der Waals surface area contributed by atoms with Gasteiger partial charge in [-0.25, -0.2) is 8.42 Å². The summed E-state index contributed by atoms with van der Waals surface area (Å²) >= 11 is 13.9. The molecule has 0 aromatic heterocycles. The zero-order valence-electron chi connectivity index (χ0n) is 20.6. The molecule has 0 radical (unpaired) electrons. The third kappa shape index (κ3) is 6.30. The predicted molar refractivity (Wildman–Crippen MR) is 150 cm³/mol. The van der Waals surface area contributed by atoms with E-state index in [-0.39, 0.29) is 9.92 Å². The van der Waals surface area contributed by atoms with Gasteiger partial charge in [0.25, 0.3) is 0 Å². The van der Waals surface area contributed by atoms with E-state index < -0.39 is 39.2 Å². The third-order valence-corrected chi connectivity index (χ3v) is 10.7. The third-order valence-electron chi connectivity index (χ3n) is 6.60. The molecule has 1 heterocycles. The summed E-state index contributed by atoms with van der Waals surface area (Å²) in [4.78, 5) is 12.9. The zero-order chi connectivity index (χ0) is 26.5. The number of carbonyl (C=O) groups is 1. The van der Waals surface area contributed by atoms with E-state index in [0.717, 1.165) is 31.2 Å². The topological polar surface area (TPSA) is 74.7 Å². The second kappa shape index (κ2) is 12.8. The molecule has 0 aliphatic carbocycles. The van der Waals surface area contributed by atoms with Gasteiger partial charge in [-0.05, 0) is 43.2 Å². The molecule has 1 aliphatic rings. The maximum absolute atomic E-state index is 14.2. The molecular weight excluding hydrogens is 537 g/mol. The minimum absolute atomic E-state index is 0.148. The maximum Gasteiger partial charge on any atom is 0.309 e. The lowest BCUT2D eigenvalue weighted by Crippen LogP contribution is -2.40. The normalized spacial score (nSPS) is 22.6. The van der Waals surface area contributed by atoms with E-state index in [1.54, 1.807) is 48.5 Å². The Morgan fingerprint density at radius 2 is 1.81 bits per heavy atom. The number of thioether (sulfide) groups is 1. The molecule has 0 unspecified atom stereocenters. The van der Waals surface area contributed by atoms with Crippen molar-refractivity contribution in [2.45, 2.75) is 68.2 Å². The average molecular weight is 571 g/mol. The lowest BCUT2D eigenvalue weighted by molar-refractivity contribution is -0.142. The zero-order valence-corrected chi connectivity index (χ0v) is 23.7. The minimum atomic E-state index is -4.04. The van der Waals surface area contributed by atoms with Crippen molar-refractivity contribution in [3.8, 4) is 0 Å². The smallest absolute Gasteiger partial charge is 0.309 e. The Balaban J connectivity index is 2.21. The molecule has 0 amide bonds.